The molecule has 0 heterocycles. The van der Waals surface area contributed by atoms with Crippen LogP contribution in [0.3, 0.4) is 0 Å². The fourth-order valence-electron chi connectivity index (χ4n) is 0.592. The number of carbonyl (C=O) groups is 3. The van der Waals surface area contributed by atoms with Crippen molar-refractivity contribution in [2.45, 2.75) is 6.04 Å². The topological polar surface area (TPSA) is 92.7 Å². The summed E-state index contributed by atoms with van der Waals surface area (Å²) in [4.78, 5) is 31.1. The van der Waals surface area contributed by atoms with Crippen molar-refractivity contribution in [1.82, 2.24) is 5.32 Å². The molecule has 80 valence electrons. The number of amides is 1. The zero-order chi connectivity index (χ0) is 11.0. The molecule has 0 saturated carbocycles. The molecule has 0 spiro atoms. The third-order valence-corrected chi connectivity index (χ3v) is 2.31. The van der Waals surface area contributed by atoms with Crippen molar-refractivity contribution in [3.8, 4) is 0 Å². The Balaban J connectivity index is 3.76. The summed E-state index contributed by atoms with van der Waals surface area (Å²) >= 11 is 1.09. The van der Waals surface area contributed by atoms with Gasteiger partial charge < -0.3 is 15.2 Å². The van der Waals surface area contributed by atoms with Crippen molar-refractivity contribution in [2.24, 2.45) is 0 Å². The second kappa shape index (κ2) is 7.19. The van der Waals surface area contributed by atoms with E-state index in [0.29, 0.717) is 6.41 Å². The number of carboxylic acids is 1. The minimum absolute atomic E-state index is 0.0703. The number of ether oxygens (including phenoxy) is 1. The first-order chi connectivity index (χ1) is 6.61. The highest BCUT2D eigenvalue weighted by molar-refractivity contribution is 8.00. The molecule has 0 rings (SSSR count). The smallest absolute Gasteiger partial charge is 0.327 e. The molecule has 0 fully saturated rings. The van der Waals surface area contributed by atoms with Crippen LogP contribution in [0, 0.1) is 0 Å². The minimum atomic E-state index is -1.13. The van der Waals surface area contributed by atoms with Crippen LogP contribution in [-0.4, -0.2) is 48.1 Å². The van der Waals surface area contributed by atoms with Crippen LogP contribution in [0.5, 0.6) is 0 Å². The van der Waals surface area contributed by atoms with Gasteiger partial charge >= 0.3 is 11.9 Å². The van der Waals surface area contributed by atoms with Crippen LogP contribution in [0.25, 0.3) is 0 Å². The van der Waals surface area contributed by atoms with Crippen molar-refractivity contribution < 1.29 is 24.2 Å². The number of hydrogen-bond donors (Lipinski definition) is 2. The first-order valence-electron chi connectivity index (χ1n) is 3.69. The number of carboxylic acid groups (broad SMARTS) is 1. The summed E-state index contributed by atoms with van der Waals surface area (Å²) < 4.78 is 4.36. The van der Waals surface area contributed by atoms with E-state index in [1.54, 1.807) is 0 Å². The summed E-state index contributed by atoms with van der Waals surface area (Å²) in [6, 6.07) is -0.970. The number of carbonyl (C=O) groups excluding carboxylic acids is 2. The maximum Gasteiger partial charge on any atom is 0.327 e. The molecule has 1 atom stereocenters. The Morgan fingerprint density at radius 1 is 1.64 bits per heavy atom. The molecular weight excluding hydrogens is 210 g/mol. The largest absolute Gasteiger partial charge is 0.480 e. The van der Waals surface area contributed by atoms with Gasteiger partial charge in [0.15, 0.2) is 0 Å². The first-order valence-corrected chi connectivity index (χ1v) is 4.84. The molecule has 0 bridgehead atoms. The molecule has 0 saturated heterocycles. The SMILES string of the molecule is COC(=O)CSCC(NC=O)C(=O)O. The molecule has 0 aromatic carbocycles. The van der Waals surface area contributed by atoms with Crippen LogP contribution in [-0.2, 0) is 19.1 Å². The lowest BCUT2D eigenvalue weighted by Gasteiger charge is -2.09. The van der Waals surface area contributed by atoms with E-state index in [4.69, 9.17) is 5.11 Å². The number of thioether (sulfide) groups is 1. The van der Waals surface area contributed by atoms with E-state index >= 15 is 0 Å². The summed E-state index contributed by atoms with van der Waals surface area (Å²) in [5, 5.41) is 10.7. The van der Waals surface area contributed by atoms with Crippen LogP contribution < -0.4 is 5.32 Å². The Bertz CT molecular complexity index is 220. The van der Waals surface area contributed by atoms with Crippen molar-refractivity contribution in [1.29, 1.82) is 0 Å². The summed E-state index contributed by atoms with van der Waals surface area (Å²) in [7, 11) is 1.25. The lowest BCUT2D eigenvalue weighted by Crippen LogP contribution is -2.38. The van der Waals surface area contributed by atoms with Gasteiger partial charge in [-0.2, -0.15) is 0 Å². The van der Waals surface area contributed by atoms with E-state index in [2.05, 4.69) is 10.1 Å². The minimum Gasteiger partial charge on any atom is -0.480 e. The van der Waals surface area contributed by atoms with Crippen molar-refractivity contribution in [2.75, 3.05) is 18.6 Å². The summed E-state index contributed by atoms with van der Waals surface area (Å²) in [6.45, 7) is 0. The third kappa shape index (κ3) is 5.41. The number of rotatable bonds is 7. The molecule has 0 aliphatic rings. The average Bonchev–Trinajstić information content (AvgIpc) is 2.16. The van der Waals surface area contributed by atoms with Crippen LogP contribution >= 0.6 is 11.8 Å². The molecular formula is C7H11NO5S. The van der Waals surface area contributed by atoms with Crippen LogP contribution in [0.4, 0.5) is 0 Å². The highest BCUT2D eigenvalue weighted by Gasteiger charge is 2.16. The van der Waals surface area contributed by atoms with Gasteiger partial charge in [0.1, 0.15) is 6.04 Å². The standard InChI is InChI=1S/C7H11NO5S/c1-13-6(10)3-14-2-5(7(11)12)8-4-9/h4-5H,2-3H2,1H3,(H,8,9)(H,11,12). The van der Waals surface area contributed by atoms with Gasteiger partial charge in [-0.25, -0.2) is 4.79 Å². The number of aliphatic carboxylic acids is 1. The van der Waals surface area contributed by atoms with Gasteiger partial charge in [-0.1, -0.05) is 0 Å². The Kier molecular flexibility index (Phi) is 6.55. The Hall–Kier alpha value is -1.24. The van der Waals surface area contributed by atoms with Crippen molar-refractivity contribution in [3.05, 3.63) is 0 Å². The van der Waals surface area contributed by atoms with Gasteiger partial charge in [-0.15, -0.1) is 11.8 Å². The highest BCUT2D eigenvalue weighted by Crippen LogP contribution is 2.03. The van der Waals surface area contributed by atoms with E-state index < -0.39 is 18.0 Å². The fourth-order valence-corrected chi connectivity index (χ4v) is 1.47. The summed E-state index contributed by atoms with van der Waals surface area (Å²) in [5.41, 5.74) is 0. The van der Waals surface area contributed by atoms with Gasteiger partial charge in [0.05, 0.1) is 12.9 Å². The van der Waals surface area contributed by atoms with Gasteiger partial charge in [0.25, 0.3) is 0 Å². The van der Waals surface area contributed by atoms with E-state index in [-0.39, 0.29) is 11.5 Å². The molecule has 2 N–H and O–H groups in total. The first kappa shape index (κ1) is 12.8. The van der Waals surface area contributed by atoms with E-state index in [1.165, 1.54) is 7.11 Å². The lowest BCUT2D eigenvalue weighted by atomic mass is 10.3. The molecule has 1 unspecified atom stereocenters. The molecule has 6 nitrogen and oxygen atoms in total. The van der Waals surface area contributed by atoms with Gasteiger partial charge in [0.2, 0.25) is 6.41 Å². The maximum atomic E-state index is 10.6. The zero-order valence-electron chi connectivity index (χ0n) is 7.56. The molecule has 0 aliphatic heterocycles. The molecule has 0 aromatic rings. The number of esters is 1. The van der Waals surface area contributed by atoms with Crippen molar-refractivity contribution in [3.63, 3.8) is 0 Å². The van der Waals surface area contributed by atoms with Gasteiger partial charge in [0, 0.05) is 5.75 Å². The predicted octanol–water partition coefficient (Wildman–Crippen LogP) is -0.908. The average molecular weight is 221 g/mol. The van der Waals surface area contributed by atoms with Crippen LogP contribution in [0.1, 0.15) is 0 Å². The molecule has 0 aromatic heterocycles. The fraction of sp³-hybridized carbons (Fsp3) is 0.571. The molecule has 7 heteroatoms. The highest BCUT2D eigenvalue weighted by atomic mass is 32.2. The molecule has 0 radical (unpaired) electrons. The normalized spacial score (nSPS) is 11.5. The Morgan fingerprint density at radius 3 is 2.71 bits per heavy atom. The van der Waals surface area contributed by atoms with Gasteiger partial charge in [-0.3, -0.25) is 9.59 Å². The number of hydrogen-bond acceptors (Lipinski definition) is 5. The summed E-state index contributed by atoms with van der Waals surface area (Å²) in [6.07, 6.45) is 0.317. The Labute approximate surface area is 85.0 Å². The van der Waals surface area contributed by atoms with E-state index in [1.807, 2.05) is 0 Å². The predicted molar refractivity (Wildman–Crippen MR) is 50.0 cm³/mol. The molecule has 14 heavy (non-hydrogen) atoms. The third-order valence-electron chi connectivity index (χ3n) is 1.30. The van der Waals surface area contributed by atoms with E-state index in [9.17, 15) is 14.4 Å². The number of methoxy groups -OCH3 is 1. The molecule has 0 aliphatic carbocycles. The summed E-state index contributed by atoms with van der Waals surface area (Å²) in [5.74, 6) is -1.36. The lowest BCUT2D eigenvalue weighted by molar-refractivity contribution is -0.140. The Morgan fingerprint density at radius 2 is 2.29 bits per heavy atom. The number of nitrogens with one attached hydrogen (secondary N) is 1. The van der Waals surface area contributed by atoms with E-state index in [0.717, 1.165) is 11.8 Å². The maximum absolute atomic E-state index is 10.6. The molecule has 1 amide bonds. The van der Waals surface area contributed by atoms with Crippen molar-refractivity contribution >= 4 is 30.1 Å². The quantitative estimate of drug-likeness (QED) is 0.427. The monoisotopic (exact) mass is 221 g/mol. The van der Waals surface area contributed by atoms with Crippen LogP contribution in [0.15, 0.2) is 0 Å². The second-order valence-corrected chi connectivity index (χ2v) is 3.30. The zero-order valence-corrected chi connectivity index (χ0v) is 8.37. The van der Waals surface area contributed by atoms with Gasteiger partial charge in [-0.05, 0) is 0 Å². The van der Waals surface area contributed by atoms with Crippen LogP contribution in [0.2, 0.25) is 0 Å². The second-order valence-electron chi connectivity index (χ2n) is 2.27.